The van der Waals surface area contributed by atoms with E-state index in [9.17, 15) is 21.6 Å². The van der Waals surface area contributed by atoms with Gasteiger partial charge in [-0.2, -0.15) is 13.2 Å². The Balaban J connectivity index is 2.24. The summed E-state index contributed by atoms with van der Waals surface area (Å²) in [6, 6.07) is 2.19. The van der Waals surface area contributed by atoms with Crippen molar-refractivity contribution in [2.24, 2.45) is 7.05 Å². The number of hydrogen-bond acceptors (Lipinski definition) is 6. The van der Waals surface area contributed by atoms with Crippen LogP contribution in [-0.4, -0.2) is 39.3 Å². The van der Waals surface area contributed by atoms with Crippen LogP contribution in [0.5, 0.6) is 5.75 Å². The maximum atomic E-state index is 13.0. The number of nitrogens with zero attached hydrogens (tertiary/aromatic N) is 4. The van der Waals surface area contributed by atoms with Gasteiger partial charge >= 0.3 is 6.18 Å². The van der Waals surface area contributed by atoms with E-state index in [-0.39, 0.29) is 33.4 Å². The molecule has 3 aromatic heterocycles. The second-order valence-electron chi connectivity index (χ2n) is 7.69. The first-order valence-electron chi connectivity index (χ1n) is 9.05. The third-order valence-corrected chi connectivity index (χ3v) is 5.98. The van der Waals surface area contributed by atoms with Crippen LogP contribution in [-0.2, 0) is 23.1 Å². The summed E-state index contributed by atoms with van der Waals surface area (Å²) >= 11 is 0. The van der Waals surface area contributed by atoms with E-state index >= 15 is 0 Å². The minimum Gasteiger partial charge on any atom is -0.486 e. The summed E-state index contributed by atoms with van der Waals surface area (Å²) in [5.41, 5.74) is -1.27. The van der Waals surface area contributed by atoms with Gasteiger partial charge in [0.05, 0.1) is 29.2 Å². The van der Waals surface area contributed by atoms with Gasteiger partial charge in [-0.15, -0.1) is 0 Å². The molecule has 0 N–H and O–H groups in total. The highest BCUT2D eigenvalue weighted by molar-refractivity contribution is 7.91. The molecule has 30 heavy (non-hydrogen) atoms. The quantitative estimate of drug-likeness (QED) is 0.607. The van der Waals surface area contributed by atoms with Crippen LogP contribution >= 0.6 is 0 Å². The van der Waals surface area contributed by atoms with E-state index in [1.165, 1.54) is 23.8 Å². The molecule has 0 bridgehead atoms. The fraction of sp³-hybridized carbons (Fsp3) is 0.421. The average molecular weight is 442 g/mol. The fourth-order valence-corrected chi connectivity index (χ4v) is 3.90. The Labute approximate surface area is 171 Å². The molecule has 0 saturated heterocycles. The lowest BCUT2D eigenvalue weighted by Crippen LogP contribution is -2.23. The molecular weight excluding hydrogens is 421 g/mol. The summed E-state index contributed by atoms with van der Waals surface area (Å²) in [6.45, 7) is 6.92. The van der Waals surface area contributed by atoms with Crippen molar-refractivity contribution >= 4 is 20.9 Å². The van der Waals surface area contributed by atoms with Crippen LogP contribution in [0.2, 0.25) is 0 Å². The number of sulfone groups is 1. The number of fused-ring (bicyclic) bond motifs is 1. The number of aromatic nitrogens is 4. The van der Waals surface area contributed by atoms with E-state index < -0.39 is 27.3 Å². The number of hydrogen-bond donors (Lipinski definition) is 0. The molecule has 0 aliphatic rings. The monoisotopic (exact) mass is 442 g/mol. The molecule has 11 heteroatoms. The Kier molecular flexibility index (Phi) is 5.30. The van der Waals surface area contributed by atoms with Crippen molar-refractivity contribution in [3.63, 3.8) is 0 Å². The van der Waals surface area contributed by atoms with Crippen LogP contribution in [0.4, 0.5) is 13.2 Å². The second-order valence-corrected chi connectivity index (χ2v) is 9.93. The number of halogens is 3. The number of ether oxygens (including phenoxy) is 1. The molecular formula is C19H21F3N4O3S. The molecule has 0 aliphatic carbocycles. The van der Waals surface area contributed by atoms with Gasteiger partial charge in [0.2, 0.25) is 0 Å². The third kappa shape index (κ3) is 4.25. The highest BCUT2D eigenvalue weighted by Gasteiger charge is 2.33. The number of pyridine rings is 2. The summed E-state index contributed by atoms with van der Waals surface area (Å²) in [6.07, 6.45) is -2.19. The zero-order chi connectivity index (χ0) is 22.5. The topological polar surface area (TPSA) is 87.0 Å². The van der Waals surface area contributed by atoms with Gasteiger partial charge in [-0.3, -0.25) is 0 Å². The SMILES string of the molecule is CCS(=O)(=O)c1cc(OC(C)(C)C)cnc1-c1nc2cc(C(F)(F)F)ncc2n1C. The van der Waals surface area contributed by atoms with E-state index in [2.05, 4.69) is 15.0 Å². The lowest BCUT2D eigenvalue weighted by molar-refractivity contribution is -0.141. The van der Waals surface area contributed by atoms with Crippen molar-refractivity contribution in [3.05, 3.63) is 30.2 Å². The van der Waals surface area contributed by atoms with E-state index in [4.69, 9.17) is 4.74 Å². The molecule has 0 radical (unpaired) electrons. The van der Waals surface area contributed by atoms with Crippen molar-refractivity contribution in [3.8, 4) is 17.3 Å². The van der Waals surface area contributed by atoms with Crippen molar-refractivity contribution in [2.45, 2.75) is 44.4 Å². The average Bonchev–Trinajstić information content (AvgIpc) is 2.96. The smallest absolute Gasteiger partial charge is 0.433 e. The lowest BCUT2D eigenvalue weighted by atomic mass is 10.2. The predicted molar refractivity (Wildman–Crippen MR) is 105 cm³/mol. The molecule has 0 aliphatic heterocycles. The first kappa shape index (κ1) is 22.0. The summed E-state index contributed by atoms with van der Waals surface area (Å²) in [5, 5.41) is 0. The molecule has 3 rings (SSSR count). The number of rotatable bonds is 4. The maximum Gasteiger partial charge on any atom is 0.433 e. The van der Waals surface area contributed by atoms with Crippen molar-refractivity contribution < 1.29 is 26.3 Å². The minimum absolute atomic E-state index is 0.0327. The first-order chi connectivity index (χ1) is 13.7. The van der Waals surface area contributed by atoms with E-state index in [0.717, 1.165) is 12.3 Å². The standard InChI is InChI=1S/C19H21F3N4O3S/c1-6-30(27,28)14-7-11(29-18(2,3)4)9-24-16(14)17-25-12-8-15(19(20,21)22)23-10-13(12)26(17)5/h7-10H,6H2,1-5H3. The molecule has 0 unspecified atom stereocenters. The van der Waals surface area contributed by atoms with E-state index in [1.54, 1.807) is 7.05 Å². The van der Waals surface area contributed by atoms with Gasteiger partial charge in [-0.1, -0.05) is 6.92 Å². The highest BCUT2D eigenvalue weighted by Crippen LogP contribution is 2.33. The Morgan fingerprint density at radius 1 is 1.10 bits per heavy atom. The van der Waals surface area contributed by atoms with Crippen molar-refractivity contribution in [1.82, 2.24) is 19.5 Å². The van der Waals surface area contributed by atoms with Gasteiger partial charge in [0.25, 0.3) is 0 Å². The first-order valence-corrected chi connectivity index (χ1v) is 10.7. The Morgan fingerprint density at radius 2 is 1.77 bits per heavy atom. The molecule has 0 aromatic carbocycles. The summed E-state index contributed by atoms with van der Waals surface area (Å²) in [5.74, 6) is 0.184. The Bertz CT molecular complexity index is 1210. The van der Waals surface area contributed by atoms with Gasteiger partial charge in [0.15, 0.2) is 15.7 Å². The largest absolute Gasteiger partial charge is 0.486 e. The molecule has 7 nitrogen and oxygen atoms in total. The van der Waals surface area contributed by atoms with Gasteiger partial charge < -0.3 is 9.30 Å². The summed E-state index contributed by atoms with van der Waals surface area (Å²) < 4.78 is 71.6. The van der Waals surface area contributed by atoms with Crippen LogP contribution in [0.15, 0.2) is 29.4 Å². The van der Waals surface area contributed by atoms with Gasteiger partial charge in [0, 0.05) is 13.1 Å². The zero-order valence-electron chi connectivity index (χ0n) is 17.1. The van der Waals surface area contributed by atoms with Crippen LogP contribution in [0, 0.1) is 0 Å². The minimum atomic E-state index is -4.62. The molecule has 0 atom stereocenters. The van der Waals surface area contributed by atoms with Gasteiger partial charge in [-0.25, -0.2) is 23.4 Å². The maximum absolute atomic E-state index is 13.0. The molecule has 3 heterocycles. The molecule has 0 spiro atoms. The van der Waals surface area contributed by atoms with Crippen molar-refractivity contribution in [1.29, 1.82) is 0 Å². The van der Waals surface area contributed by atoms with Gasteiger partial charge in [0.1, 0.15) is 27.6 Å². The molecule has 0 amide bonds. The predicted octanol–water partition coefficient (Wildman–Crippen LogP) is 4.02. The molecule has 3 aromatic rings. The van der Waals surface area contributed by atoms with Crippen LogP contribution in [0.25, 0.3) is 22.6 Å². The highest BCUT2D eigenvalue weighted by atomic mass is 32.2. The van der Waals surface area contributed by atoms with E-state index in [1.807, 2.05) is 20.8 Å². The Morgan fingerprint density at radius 3 is 2.33 bits per heavy atom. The lowest BCUT2D eigenvalue weighted by Gasteiger charge is -2.21. The molecule has 0 fully saturated rings. The fourth-order valence-electron chi connectivity index (χ4n) is 2.85. The molecule has 0 saturated carbocycles. The van der Waals surface area contributed by atoms with Crippen LogP contribution in [0.1, 0.15) is 33.4 Å². The third-order valence-electron chi connectivity index (χ3n) is 4.24. The summed E-state index contributed by atoms with van der Waals surface area (Å²) in [7, 11) is -2.17. The van der Waals surface area contributed by atoms with Crippen LogP contribution in [0.3, 0.4) is 0 Å². The van der Waals surface area contributed by atoms with Crippen LogP contribution < -0.4 is 4.74 Å². The number of aryl methyl sites for hydroxylation is 1. The van der Waals surface area contributed by atoms with Crippen molar-refractivity contribution in [2.75, 3.05) is 5.75 Å². The molecule has 162 valence electrons. The van der Waals surface area contributed by atoms with Gasteiger partial charge in [-0.05, 0) is 26.8 Å². The number of imidazole rings is 1. The Hall–Kier alpha value is -2.69. The second kappa shape index (κ2) is 7.22. The normalized spacial score (nSPS) is 13.1. The zero-order valence-corrected chi connectivity index (χ0v) is 17.9. The number of alkyl halides is 3. The summed E-state index contributed by atoms with van der Waals surface area (Å²) in [4.78, 5) is 11.8. The van der Waals surface area contributed by atoms with E-state index in [0.29, 0.717) is 5.52 Å².